The van der Waals surface area contributed by atoms with Crippen LogP contribution in [0.25, 0.3) is 0 Å². The number of hydrogen-bond acceptors (Lipinski definition) is 4. The zero-order valence-corrected chi connectivity index (χ0v) is 11.5. The molecule has 2 aliphatic heterocycles. The highest BCUT2D eigenvalue weighted by molar-refractivity contribution is 7.80. The molecule has 0 aliphatic carbocycles. The van der Waals surface area contributed by atoms with Gasteiger partial charge in [0.05, 0.1) is 26.7 Å². The van der Waals surface area contributed by atoms with Gasteiger partial charge in [-0.25, -0.2) is 0 Å². The van der Waals surface area contributed by atoms with Gasteiger partial charge in [0.2, 0.25) is 0 Å². The molecule has 96 valence electrons. The summed E-state index contributed by atoms with van der Waals surface area (Å²) < 4.78 is 0. The molecule has 2 aliphatic rings. The Labute approximate surface area is 112 Å². The van der Waals surface area contributed by atoms with E-state index in [0.717, 1.165) is 43.4 Å². The largest absolute Gasteiger partial charge is 0.350 e. The van der Waals surface area contributed by atoms with Crippen molar-refractivity contribution in [1.29, 1.82) is 0 Å². The lowest BCUT2D eigenvalue weighted by molar-refractivity contribution is 0.125. The van der Waals surface area contributed by atoms with E-state index in [1.807, 2.05) is 0 Å². The third-order valence-corrected chi connectivity index (χ3v) is 3.53. The van der Waals surface area contributed by atoms with E-state index < -0.39 is 0 Å². The Morgan fingerprint density at radius 3 is 2.00 bits per heavy atom. The maximum atomic E-state index is 5.03. The summed E-state index contributed by atoms with van der Waals surface area (Å²) in [6.45, 7) is 6.43. The summed E-state index contributed by atoms with van der Waals surface area (Å²) in [5.41, 5.74) is 0. The fourth-order valence-corrected chi connectivity index (χ4v) is 2.14. The molecule has 0 saturated carbocycles. The summed E-state index contributed by atoms with van der Waals surface area (Å²) in [7, 11) is 0. The second kappa shape index (κ2) is 5.76. The predicted octanol–water partition coefficient (Wildman–Crippen LogP) is -1.24. The molecule has 0 spiro atoms. The first-order valence-corrected chi connectivity index (χ1v) is 6.46. The molecule has 0 aromatic rings. The van der Waals surface area contributed by atoms with Gasteiger partial charge in [0.1, 0.15) is 0 Å². The summed E-state index contributed by atoms with van der Waals surface area (Å²) in [5.74, 6) is 0. The normalized spacial score (nSPS) is 24.3. The van der Waals surface area contributed by atoms with Crippen molar-refractivity contribution in [2.24, 2.45) is 0 Å². The molecule has 8 heteroatoms. The molecular formula is C9H18N6S2. The van der Waals surface area contributed by atoms with E-state index in [1.54, 1.807) is 0 Å². The van der Waals surface area contributed by atoms with Crippen LogP contribution in [0, 0.1) is 0 Å². The van der Waals surface area contributed by atoms with E-state index in [2.05, 4.69) is 38.0 Å². The Kier molecular flexibility index (Phi) is 4.32. The van der Waals surface area contributed by atoms with Crippen LogP contribution in [0.2, 0.25) is 0 Å². The second-order valence-corrected chi connectivity index (χ2v) is 5.11. The fraction of sp³-hybridized carbons (Fsp3) is 0.778. The van der Waals surface area contributed by atoms with Crippen molar-refractivity contribution < 1.29 is 0 Å². The fourth-order valence-electron chi connectivity index (χ4n) is 1.88. The van der Waals surface area contributed by atoms with Crippen LogP contribution in [-0.4, -0.2) is 59.3 Å². The number of hydrogen-bond donors (Lipinski definition) is 4. The third kappa shape index (κ3) is 3.63. The van der Waals surface area contributed by atoms with E-state index in [1.165, 1.54) is 0 Å². The van der Waals surface area contributed by atoms with E-state index in [4.69, 9.17) is 24.4 Å². The van der Waals surface area contributed by atoms with Gasteiger partial charge >= 0.3 is 0 Å². The van der Waals surface area contributed by atoms with Gasteiger partial charge in [0.15, 0.2) is 10.2 Å². The average molecular weight is 274 g/mol. The van der Waals surface area contributed by atoms with E-state index in [0.29, 0.717) is 6.04 Å². The van der Waals surface area contributed by atoms with Crippen LogP contribution in [0.15, 0.2) is 0 Å². The zero-order valence-electron chi connectivity index (χ0n) is 9.82. The van der Waals surface area contributed by atoms with Crippen molar-refractivity contribution in [3.05, 3.63) is 0 Å². The summed E-state index contributed by atoms with van der Waals surface area (Å²) in [6.07, 6.45) is 0. The summed E-state index contributed by atoms with van der Waals surface area (Å²) in [5, 5.41) is 14.0. The lowest BCUT2D eigenvalue weighted by Crippen LogP contribution is -2.60. The second-order valence-electron chi connectivity index (χ2n) is 4.29. The highest BCUT2D eigenvalue weighted by Gasteiger charge is 2.21. The predicted molar refractivity (Wildman–Crippen MR) is 75.2 cm³/mol. The van der Waals surface area contributed by atoms with Crippen molar-refractivity contribution in [1.82, 2.24) is 31.1 Å². The smallest absolute Gasteiger partial charge is 0.168 e. The van der Waals surface area contributed by atoms with E-state index >= 15 is 0 Å². The van der Waals surface area contributed by atoms with Crippen molar-refractivity contribution in [2.75, 3.05) is 33.2 Å². The van der Waals surface area contributed by atoms with Crippen LogP contribution in [-0.2, 0) is 0 Å². The van der Waals surface area contributed by atoms with Gasteiger partial charge in [-0.2, -0.15) is 0 Å². The van der Waals surface area contributed by atoms with Crippen molar-refractivity contribution in [3.63, 3.8) is 0 Å². The molecule has 17 heavy (non-hydrogen) atoms. The zero-order chi connectivity index (χ0) is 12.3. The van der Waals surface area contributed by atoms with Crippen molar-refractivity contribution >= 4 is 34.7 Å². The molecule has 0 bridgehead atoms. The molecule has 0 radical (unpaired) electrons. The standard InChI is InChI=1S/C9H18N6S2/c1-7(15-5-12-9(17)13-6-15)2-14-3-10-8(16)11-4-14/h7H,2-6H2,1H3,(H2,10,11,16)(H2,12,13,17). The molecule has 0 aromatic carbocycles. The highest BCUT2D eigenvalue weighted by Crippen LogP contribution is 2.02. The molecule has 2 rings (SSSR count). The third-order valence-electron chi connectivity index (χ3n) is 2.96. The first-order valence-electron chi connectivity index (χ1n) is 5.65. The molecule has 6 nitrogen and oxygen atoms in total. The number of nitrogens with zero attached hydrogens (tertiary/aromatic N) is 2. The van der Waals surface area contributed by atoms with E-state index in [-0.39, 0.29) is 0 Å². The summed E-state index contributed by atoms with van der Waals surface area (Å²) in [6, 6.07) is 0.452. The lowest BCUT2D eigenvalue weighted by atomic mass is 10.3. The van der Waals surface area contributed by atoms with Gasteiger partial charge in [0.25, 0.3) is 0 Å². The van der Waals surface area contributed by atoms with E-state index in [9.17, 15) is 0 Å². The maximum Gasteiger partial charge on any atom is 0.168 e. The molecule has 0 amide bonds. The first-order chi connectivity index (χ1) is 8.15. The Balaban J connectivity index is 1.74. The van der Waals surface area contributed by atoms with Crippen LogP contribution in [0.4, 0.5) is 0 Å². The van der Waals surface area contributed by atoms with Gasteiger partial charge in [-0.15, -0.1) is 0 Å². The topological polar surface area (TPSA) is 54.6 Å². The highest BCUT2D eigenvalue weighted by atomic mass is 32.1. The minimum absolute atomic E-state index is 0.452. The van der Waals surface area contributed by atoms with Crippen LogP contribution in [0.1, 0.15) is 6.92 Å². The monoisotopic (exact) mass is 274 g/mol. The first kappa shape index (κ1) is 12.7. The SMILES string of the molecule is CC(CN1CNC(=S)NC1)N1CNC(=S)NC1. The van der Waals surface area contributed by atoms with Crippen LogP contribution < -0.4 is 21.3 Å². The Hall–Kier alpha value is -0.700. The van der Waals surface area contributed by atoms with Crippen molar-refractivity contribution in [3.8, 4) is 0 Å². The summed E-state index contributed by atoms with van der Waals surface area (Å²) in [4.78, 5) is 4.59. The number of rotatable bonds is 3. The maximum absolute atomic E-state index is 5.03. The number of thiocarbonyl (C=S) groups is 2. The molecule has 1 unspecified atom stereocenters. The Bertz CT molecular complexity index is 290. The van der Waals surface area contributed by atoms with Crippen molar-refractivity contribution in [2.45, 2.75) is 13.0 Å². The number of nitrogens with one attached hydrogen (secondary N) is 4. The average Bonchev–Trinajstić information content (AvgIpc) is 2.33. The van der Waals surface area contributed by atoms with Gasteiger partial charge in [-0.3, -0.25) is 9.80 Å². The molecular weight excluding hydrogens is 256 g/mol. The van der Waals surface area contributed by atoms with Gasteiger partial charge < -0.3 is 21.3 Å². The minimum Gasteiger partial charge on any atom is -0.350 e. The lowest BCUT2D eigenvalue weighted by Gasteiger charge is -2.38. The van der Waals surface area contributed by atoms with Gasteiger partial charge in [0, 0.05) is 12.6 Å². The molecule has 2 heterocycles. The quantitative estimate of drug-likeness (QED) is 0.477. The Morgan fingerprint density at radius 2 is 1.47 bits per heavy atom. The Morgan fingerprint density at radius 1 is 1.00 bits per heavy atom. The molecule has 2 fully saturated rings. The van der Waals surface area contributed by atoms with Crippen LogP contribution >= 0.6 is 24.4 Å². The molecule has 0 aromatic heterocycles. The van der Waals surface area contributed by atoms with Crippen LogP contribution in [0.3, 0.4) is 0 Å². The van der Waals surface area contributed by atoms with Gasteiger partial charge in [-0.05, 0) is 31.4 Å². The molecule has 1 atom stereocenters. The molecule has 2 saturated heterocycles. The minimum atomic E-state index is 0.452. The molecule has 4 N–H and O–H groups in total. The summed E-state index contributed by atoms with van der Waals surface area (Å²) >= 11 is 10.0. The van der Waals surface area contributed by atoms with Crippen LogP contribution in [0.5, 0.6) is 0 Å². The van der Waals surface area contributed by atoms with Gasteiger partial charge in [-0.1, -0.05) is 0 Å².